The molecule has 39 heavy (non-hydrogen) atoms. The van der Waals surface area contributed by atoms with E-state index in [2.05, 4.69) is 26.7 Å². The summed E-state index contributed by atoms with van der Waals surface area (Å²) >= 11 is 11.9. The number of aromatic nitrogens is 3. The zero-order valence-electron chi connectivity index (χ0n) is 21.4. The number of H-pyrrole nitrogens is 1. The molecule has 0 spiro atoms. The first-order valence-corrected chi connectivity index (χ1v) is 12.3. The van der Waals surface area contributed by atoms with E-state index in [4.69, 9.17) is 32.7 Å². The van der Waals surface area contributed by atoms with Crippen LogP contribution in [0.1, 0.15) is 12.5 Å². The Morgan fingerprint density at radius 2 is 1.79 bits per heavy atom. The van der Waals surface area contributed by atoms with Gasteiger partial charge in [-0.15, -0.1) is 0 Å². The standard InChI is InChI=1S/C26H26Cl2N6O5/c1-16(23(35)38-4)14-34-25(36)32-24(33(26(34)37)15-17-5-7-18(27)8-6-17)31-19-9-11-20(12-10-19)39-22(30-3)13-21(28)29-2/h5-13,16H,2,14-15H2,1,3-4H3,(H,31,32,36)/b21-13-,30-22+/t16-/m0/s1. The van der Waals surface area contributed by atoms with Gasteiger partial charge < -0.3 is 9.47 Å². The second-order valence-electron chi connectivity index (χ2n) is 8.18. The van der Waals surface area contributed by atoms with Gasteiger partial charge in [-0.05, 0) is 48.7 Å². The van der Waals surface area contributed by atoms with Crippen LogP contribution < -0.4 is 21.7 Å². The van der Waals surface area contributed by atoms with Gasteiger partial charge in [0.25, 0.3) is 0 Å². The summed E-state index contributed by atoms with van der Waals surface area (Å²) in [5.41, 5.74) is -0.178. The van der Waals surface area contributed by atoms with Crippen LogP contribution in [0.5, 0.6) is 5.75 Å². The maximum absolute atomic E-state index is 13.4. The predicted molar refractivity (Wildman–Crippen MR) is 150 cm³/mol. The number of esters is 1. The maximum Gasteiger partial charge on any atom is 0.335 e. The topological polar surface area (TPSA) is 132 Å². The largest absolute Gasteiger partial charge is 0.469 e. The Hall–Kier alpha value is -4.22. The number of hydrogen-bond donors (Lipinski definition) is 1. The van der Waals surface area contributed by atoms with Gasteiger partial charge in [-0.3, -0.25) is 24.3 Å². The first kappa shape index (κ1) is 29.3. The first-order chi connectivity index (χ1) is 18.6. The smallest absolute Gasteiger partial charge is 0.335 e. The van der Waals surface area contributed by atoms with Crippen LogP contribution in [0.25, 0.3) is 0 Å². The predicted octanol–water partition coefficient (Wildman–Crippen LogP) is 3.27. The molecule has 0 amide bonds. The molecular formula is C26H26Cl2N6O5. The van der Waals surface area contributed by atoms with E-state index < -0.39 is 23.3 Å². The SMILES string of the molecule is C=N/C(Cl)=C\C(=N/C)Oc1ccc(/N=c2\[nH]c(=O)n(C[C@H](C)C(=O)OC)c(=O)n2Cc2ccc(Cl)cc2)cc1. The van der Waals surface area contributed by atoms with Crippen molar-refractivity contribution in [3.8, 4) is 5.75 Å². The molecule has 0 radical (unpaired) electrons. The van der Waals surface area contributed by atoms with E-state index in [0.717, 1.165) is 10.1 Å². The number of methoxy groups -OCH3 is 1. The van der Waals surface area contributed by atoms with Gasteiger partial charge in [0.2, 0.25) is 11.5 Å². The van der Waals surface area contributed by atoms with E-state index in [9.17, 15) is 14.4 Å². The number of benzene rings is 2. The third kappa shape index (κ3) is 7.88. The lowest BCUT2D eigenvalue weighted by Crippen LogP contribution is -2.51. The van der Waals surface area contributed by atoms with E-state index in [0.29, 0.717) is 16.5 Å². The van der Waals surface area contributed by atoms with Gasteiger partial charge in [-0.2, -0.15) is 0 Å². The van der Waals surface area contributed by atoms with Crippen molar-refractivity contribution in [3.05, 3.63) is 96.9 Å². The monoisotopic (exact) mass is 572 g/mol. The molecule has 3 rings (SSSR count). The van der Waals surface area contributed by atoms with E-state index in [1.54, 1.807) is 55.5 Å². The minimum absolute atomic E-state index is 0.0122. The molecule has 13 heteroatoms. The molecule has 0 aliphatic carbocycles. The lowest BCUT2D eigenvalue weighted by molar-refractivity contribution is -0.145. The number of nitrogens with one attached hydrogen (secondary N) is 1. The van der Waals surface area contributed by atoms with Crippen LogP contribution in [0.3, 0.4) is 0 Å². The quantitative estimate of drug-likeness (QED) is 0.182. The molecule has 3 aromatic rings. The van der Waals surface area contributed by atoms with Crippen molar-refractivity contribution in [2.24, 2.45) is 20.9 Å². The number of rotatable bonds is 9. The minimum atomic E-state index is -0.725. The normalized spacial score (nSPS) is 13.2. The number of hydrogen-bond acceptors (Lipinski definition) is 8. The number of carbonyl (C=O) groups is 1. The van der Waals surface area contributed by atoms with Crippen molar-refractivity contribution in [1.82, 2.24) is 14.1 Å². The fourth-order valence-corrected chi connectivity index (χ4v) is 3.61. The highest BCUT2D eigenvalue weighted by Gasteiger charge is 2.18. The van der Waals surface area contributed by atoms with Crippen LogP contribution in [-0.4, -0.2) is 46.9 Å². The van der Waals surface area contributed by atoms with Crippen LogP contribution in [0, 0.1) is 5.92 Å². The molecule has 1 heterocycles. The molecule has 2 aromatic carbocycles. The maximum atomic E-state index is 13.4. The highest BCUT2D eigenvalue weighted by molar-refractivity contribution is 6.31. The second-order valence-corrected chi connectivity index (χ2v) is 9.00. The van der Waals surface area contributed by atoms with Gasteiger partial charge in [0.15, 0.2) is 0 Å². The Balaban J connectivity index is 2.05. The number of aliphatic imine (C=N–C) groups is 2. The number of carbonyl (C=O) groups excluding carboxylic acids is 1. The second kappa shape index (κ2) is 13.5. The molecule has 0 aliphatic rings. The molecule has 0 saturated heterocycles. The highest BCUT2D eigenvalue weighted by atomic mass is 35.5. The summed E-state index contributed by atoms with van der Waals surface area (Å²) in [6, 6.07) is 13.4. The third-order valence-corrected chi connectivity index (χ3v) is 5.88. The molecule has 0 aliphatic heterocycles. The number of ether oxygens (including phenoxy) is 2. The van der Waals surface area contributed by atoms with E-state index in [-0.39, 0.29) is 29.8 Å². The zero-order chi connectivity index (χ0) is 28.5. The summed E-state index contributed by atoms with van der Waals surface area (Å²) in [5, 5.41) is 0.656. The fraction of sp³-hybridized carbons (Fsp3) is 0.231. The molecular weight excluding hydrogens is 547 g/mol. The Morgan fingerprint density at radius 1 is 1.13 bits per heavy atom. The molecule has 0 fully saturated rings. The van der Waals surface area contributed by atoms with Gasteiger partial charge in [0, 0.05) is 24.7 Å². The summed E-state index contributed by atoms with van der Waals surface area (Å²) in [6.07, 6.45) is 1.41. The molecule has 0 saturated carbocycles. The molecule has 1 atom stereocenters. The number of aromatic amines is 1. The van der Waals surface area contributed by atoms with Crippen molar-refractivity contribution < 1.29 is 14.3 Å². The lowest BCUT2D eigenvalue weighted by atomic mass is 10.2. The molecule has 0 unspecified atom stereocenters. The van der Waals surface area contributed by atoms with Gasteiger partial charge >= 0.3 is 17.3 Å². The van der Waals surface area contributed by atoms with E-state index >= 15 is 0 Å². The van der Waals surface area contributed by atoms with Crippen molar-refractivity contribution in [2.75, 3.05) is 14.2 Å². The van der Waals surface area contributed by atoms with Crippen LogP contribution >= 0.6 is 23.2 Å². The van der Waals surface area contributed by atoms with Crippen LogP contribution in [0.15, 0.2) is 84.3 Å². The summed E-state index contributed by atoms with van der Waals surface area (Å²) in [6.45, 7) is 4.81. The van der Waals surface area contributed by atoms with Gasteiger partial charge in [0.1, 0.15) is 10.9 Å². The van der Waals surface area contributed by atoms with Crippen molar-refractivity contribution in [3.63, 3.8) is 0 Å². The average molecular weight is 573 g/mol. The lowest BCUT2D eigenvalue weighted by Gasteiger charge is -2.14. The van der Waals surface area contributed by atoms with Gasteiger partial charge in [-0.25, -0.2) is 19.1 Å². The summed E-state index contributed by atoms with van der Waals surface area (Å²) < 4.78 is 12.6. The Labute approximate surface area is 233 Å². The average Bonchev–Trinajstić information content (AvgIpc) is 2.93. The zero-order valence-corrected chi connectivity index (χ0v) is 22.9. The third-order valence-electron chi connectivity index (χ3n) is 5.40. The minimum Gasteiger partial charge on any atom is -0.469 e. The molecule has 0 bridgehead atoms. The summed E-state index contributed by atoms with van der Waals surface area (Å²) in [4.78, 5) is 52.9. The fourth-order valence-electron chi connectivity index (χ4n) is 3.39. The number of nitrogens with zero attached hydrogens (tertiary/aromatic N) is 5. The van der Waals surface area contributed by atoms with E-state index in [1.807, 2.05) is 0 Å². The first-order valence-electron chi connectivity index (χ1n) is 11.5. The molecule has 1 aromatic heterocycles. The molecule has 1 N–H and O–H groups in total. The van der Waals surface area contributed by atoms with Crippen LogP contribution in [-0.2, 0) is 22.6 Å². The summed E-state index contributed by atoms with van der Waals surface area (Å²) in [7, 11) is 2.78. The highest BCUT2D eigenvalue weighted by Crippen LogP contribution is 2.18. The molecule has 11 nitrogen and oxygen atoms in total. The Kier molecular flexibility index (Phi) is 10.2. The van der Waals surface area contributed by atoms with Crippen LogP contribution in [0.2, 0.25) is 5.02 Å². The summed E-state index contributed by atoms with van der Waals surface area (Å²) in [5.74, 6) is -0.617. The van der Waals surface area contributed by atoms with Gasteiger partial charge in [-0.1, -0.05) is 42.3 Å². The Morgan fingerprint density at radius 3 is 2.38 bits per heavy atom. The van der Waals surface area contributed by atoms with E-state index in [1.165, 1.54) is 24.8 Å². The number of halogens is 2. The van der Waals surface area contributed by atoms with Gasteiger partial charge in [0.05, 0.1) is 25.3 Å². The van der Waals surface area contributed by atoms with Crippen molar-refractivity contribution in [2.45, 2.75) is 20.0 Å². The Bertz CT molecular complexity index is 1590. The van der Waals surface area contributed by atoms with Crippen LogP contribution in [0.4, 0.5) is 5.69 Å². The molecule has 204 valence electrons. The van der Waals surface area contributed by atoms with Crippen molar-refractivity contribution >= 4 is 47.5 Å². The van der Waals surface area contributed by atoms with Crippen molar-refractivity contribution in [1.29, 1.82) is 0 Å².